The highest BCUT2D eigenvalue weighted by Gasteiger charge is 2.38. The molecule has 4 heteroatoms. The van der Waals surface area contributed by atoms with Crippen LogP contribution in [0.2, 0.25) is 0 Å². The molecule has 1 saturated carbocycles. The Morgan fingerprint density at radius 1 is 1.35 bits per heavy atom. The second-order valence-electron chi connectivity index (χ2n) is 6.21. The van der Waals surface area contributed by atoms with Crippen LogP contribution in [0.25, 0.3) is 0 Å². The summed E-state index contributed by atoms with van der Waals surface area (Å²) in [5.41, 5.74) is 8.15. The molecule has 1 aliphatic carbocycles. The number of hydrogen-bond acceptors (Lipinski definition) is 4. The monoisotopic (exact) mass is 277 g/mol. The van der Waals surface area contributed by atoms with Crippen LogP contribution < -0.4 is 15.8 Å². The first-order valence-electron chi connectivity index (χ1n) is 7.41. The molecule has 0 bridgehead atoms. The number of nitrogens with zero attached hydrogens (tertiary/aromatic N) is 1. The zero-order chi connectivity index (χ0) is 14.8. The summed E-state index contributed by atoms with van der Waals surface area (Å²) in [7, 11) is 4.31. The molecular weight excluding hydrogens is 250 g/mol. The van der Waals surface area contributed by atoms with Gasteiger partial charge in [-0.2, -0.15) is 0 Å². The lowest BCUT2D eigenvalue weighted by molar-refractivity contribution is 0.0739. The van der Waals surface area contributed by atoms with Crippen molar-refractivity contribution in [3.8, 4) is 5.75 Å². The van der Waals surface area contributed by atoms with Gasteiger partial charge in [0, 0.05) is 12.1 Å². The molecule has 4 nitrogen and oxygen atoms in total. The topological polar surface area (TPSA) is 50.5 Å². The minimum absolute atomic E-state index is 0.132. The third-order valence-corrected chi connectivity index (χ3v) is 4.27. The van der Waals surface area contributed by atoms with Crippen molar-refractivity contribution >= 4 is 11.4 Å². The molecule has 20 heavy (non-hydrogen) atoms. The summed E-state index contributed by atoms with van der Waals surface area (Å²) in [6.45, 7) is 4.94. The van der Waals surface area contributed by atoms with Crippen LogP contribution in [0.1, 0.15) is 33.1 Å². The summed E-state index contributed by atoms with van der Waals surface area (Å²) in [4.78, 5) is 2.33. The minimum atomic E-state index is 0.132. The van der Waals surface area contributed by atoms with Gasteiger partial charge in [-0.05, 0) is 59.3 Å². The normalized spacial score (nSPS) is 17.1. The lowest BCUT2D eigenvalue weighted by atomic mass is 9.75. The Morgan fingerprint density at radius 3 is 2.55 bits per heavy atom. The standard InChI is InChI=1S/C16H27N3O/c1-12(2)20-14-8-5-7-13(15(14)17)18-11-16(19(3)4)9-6-10-16/h5,7-8,12,18H,6,9-11,17H2,1-4H3. The summed E-state index contributed by atoms with van der Waals surface area (Å²) in [6, 6.07) is 5.93. The first kappa shape index (κ1) is 15.0. The zero-order valence-corrected chi connectivity index (χ0v) is 13.1. The molecule has 2 rings (SSSR count). The second-order valence-corrected chi connectivity index (χ2v) is 6.21. The van der Waals surface area contributed by atoms with Crippen LogP contribution >= 0.6 is 0 Å². The lowest BCUT2D eigenvalue weighted by Gasteiger charge is -2.47. The summed E-state index contributed by atoms with van der Waals surface area (Å²) in [5, 5.41) is 3.50. The van der Waals surface area contributed by atoms with Gasteiger partial charge in [-0.15, -0.1) is 0 Å². The molecule has 0 spiro atoms. The molecule has 1 aromatic carbocycles. The number of anilines is 2. The summed E-state index contributed by atoms with van der Waals surface area (Å²) in [5.74, 6) is 0.762. The summed E-state index contributed by atoms with van der Waals surface area (Å²) < 4.78 is 5.73. The van der Waals surface area contributed by atoms with Gasteiger partial charge < -0.3 is 20.7 Å². The first-order chi connectivity index (χ1) is 9.44. The molecule has 0 aliphatic heterocycles. The van der Waals surface area contributed by atoms with E-state index in [0.717, 1.165) is 18.0 Å². The van der Waals surface area contributed by atoms with E-state index < -0.39 is 0 Å². The number of hydrogen-bond donors (Lipinski definition) is 2. The maximum absolute atomic E-state index is 6.20. The number of para-hydroxylation sites is 1. The van der Waals surface area contributed by atoms with Crippen LogP contribution in [0.15, 0.2) is 18.2 Å². The molecule has 0 heterocycles. The molecule has 0 amide bonds. The quantitative estimate of drug-likeness (QED) is 0.785. The van der Waals surface area contributed by atoms with Crippen molar-refractivity contribution in [3.63, 3.8) is 0 Å². The molecule has 0 unspecified atom stereocenters. The number of benzene rings is 1. The second kappa shape index (κ2) is 5.92. The predicted molar refractivity (Wildman–Crippen MR) is 85.4 cm³/mol. The minimum Gasteiger partial charge on any atom is -0.489 e. The van der Waals surface area contributed by atoms with Crippen LogP contribution in [0.3, 0.4) is 0 Å². The maximum atomic E-state index is 6.20. The first-order valence-corrected chi connectivity index (χ1v) is 7.41. The average molecular weight is 277 g/mol. The SMILES string of the molecule is CC(C)Oc1cccc(NCC2(N(C)C)CCC2)c1N. The lowest BCUT2D eigenvalue weighted by Crippen LogP contribution is -2.54. The van der Waals surface area contributed by atoms with Crippen molar-refractivity contribution in [2.24, 2.45) is 0 Å². The van der Waals surface area contributed by atoms with E-state index in [4.69, 9.17) is 10.5 Å². The Morgan fingerprint density at radius 2 is 2.05 bits per heavy atom. The zero-order valence-electron chi connectivity index (χ0n) is 13.1. The van der Waals surface area contributed by atoms with Crippen LogP contribution in [0, 0.1) is 0 Å². The third-order valence-electron chi connectivity index (χ3n) is 4.27. The van der Waals surface area contributed by atoms with E-state index in [1.165, 1.54) is 19.3 Å². The van der Waals surface area contributed by atoms with Crippen LogP contribution in [-0.4, -0.2) is 37.2 Å². The third kappa shape index (κ3) is 3.01. The number of nitrogens with two attached hydrogens (primary N) is 1. The highest BCUT2D eigenvalue weighted by Crippen LogP contribution is 2.37. The predicted octanol–water partition coefficient (Wildman–Crippen LogP) is 2.95. The van der Waals surface area contributed by atoms with Gasteiger partial charge in [0.25, 0.3) is 0 Å². The largest absolute Gasteiger partial charge is 0.489 e. The average Bonchev–Trinajstić information content (AvgIpc) is 2.31. The van der Waals surface area contributed by atoms with Crippen molar-refractivity contribution in [1.29, 1.82) is 0 Å². The van der Waals surface area contributed by atoms with Crippen LogP contribution in [-0.2, 0) is 0 Å². The number of nitrogens with one attached hydrogen (secondary N) is 1. The fraction of sp³-hybridized carbons (Fsp3) is 0.625. The molecule has 0 aromatic heterocycles. The van der Waals surface area contributed by atoms with E-state index in [2.05, 4.69) is 24.3 Å². The number of likely N-dealkylation sites (N-methyl/N-ethyl adjacent to an activating group) is 1. The molecular formula is C16H27N3O. The maximum Gasteiger partial charge on any atom is 0.144 e. The van der Waals surface area contributed by atoms with Gasteiger partial charge in [-0.25, -0.2) is 0 Å². The smallest absolute Gasteiger partial charge is 0.144 e. The molecule has 1 aromatic rings. The van der Waals surface area contributed by atoms with E-state index in [1.54, 1.807) is 0 Å². The summed E-state index contributed by atoms with van der Waals surface area (Å²) in [6.07, 6.45) is 3.93. The van der Waals surface area contributed by atoms with E-state index in [9.17, 15) is 0 Å². The molecule has 1 fully saturated rings. The van der Waals surface area contributed by atoms with Gasteiger partial charge in [0.05, 0.1) is 17.5 Å². The Kier molecular flexibility index (Phi) is 4.43. The molecule has 3 N–H and O–H groups in total. The van der Waals surface area contributed by atoms with E-state index in [0.29, 0.717) is 5.69 Å². The Labute approximate surface area is 122 Å². The molecule has 0 atom stereocenters. The van der Waals surface area contributed by atoms with Crippen molar-refractivity contribution in [1.82, 2.24) is 4.90 Å². The molecule has 0 saturated heterocycles. The van der Waals surface area contributed by atoms with Gasteiger partial charge in [0.1, 0.15) is 5.75 Å². The van der Waals surface area contributed by atoms with Gasteiger partial charge >= 0.3 is 0 Å². The van der Waals surface area contributed by atoms with Crippen LogP contribution in [0.4, 0.5) is 11.4 Å². The van der Waals surface area contributed by atoms with Gasteiger partial charge in [-0.1, -0.05) is 6.07 Å². The Bertz CT molecular complexity index is 453. The van der Waals surface area contributed by atoms with Crippen molar-refractivity contribution < 1.29 is 4.74 Å². The van der Waals surface area contributed by atoms with E-state index in [1.807, 2.05) is 32.0 Å². The number of ether oxygens (including phenoxy) is 1. The molecule has 0 radical (unpaired) electrons. The van der Waals surface area contributed by atoms with E-state index in [-0.39, 0.29) is 11.6 Å². The van der Waals surface area contributed by atoms with Crippen molar-refractivity contribution in [2.75, 3.05) is 31.7 Å². The fourth-order valence-corrected chi connectivity index (χ4v) is 2.68. The van der Waals surface area contributed by atoms with Crippen molar-refractivity contribution in [2.45, 2.75) is 44.8 Å². The Balaban J connectivity index is 2.06. The Hall–Kier alpha value is -1.42. The highest BCUT2D eigenvalue weighted by molar-refractivity contribution is 5.73. The van der Waals surface area contributed by atoms with Crippen LogP contribution in [0.5, 0.6) is 5.75 Å². The number of rotatable bonds is 6. The van der Waals surface area contributed by atoms with Gasteiger partial charge in [0.2, 0.25) is 0 Å². The van der Waals surface area contributed by atoms with E-state index >= 15 is 0 Å². The highest BCUT2D eigenvalue weighted by atomic mass is 16.5. The summed E-state index contributed by atoms with van der Waals surface area (Å²) >= 11 is 0. The number of nitrogen functional groups attached to an aromatic ring is 1. The van der Waals surface area contributed by atoms with Crippen molar-refractivity contribution in [3.05, 3.63) is 18.2 Å². The molecule has 112 valence electrons. The van der Waals surface area contributed by atoms with Gasteiger partial charge in [-0.3, -0.25) is 0 Å². The molecule has 1 aliphatic rings. The van der Waals surface area contributed by atoms with Gasteiger partial charge in [0.15, 0.2) is 0 Å². The fourth-order valence-electron chi connectivity index (χ4n) is 2.68.